The molecule has 4 aromatic rings. The van der Waals surface area contributed by atoms with Gasteiger partial charge in [0.25, 0.3) is 0 Å². The van der Waals surface area contributed by atoms with E-state index in [1.54, 1.807) is 0 Å². The average molecular weight is 535 g/mol. The molecule has 0 saturated carbocycles. The number of aromatic nitrogens is 2. The molecule has 180 valence electrons. The van der Waals surface area contributed by atoms with E-state index in [1.807, 2.05) is 42.5 Å². The fraction of sp³-hybridized carbons (Fsp3) is 0.286. The van der Waals surface area contributed by atoms with Crippen molar-refractivity contribution in [1.29, 1.82) is 0 Å². The molecule has 0 amide bonds. The normalized spacial score (nSPS) is 15.8. The van der Waals surface area contributed by atoms with Crippen molar-refractivity contribution in [3.8, 4) is 0 Å². The van der Waals surface area contributed by atoms with E-state index >= 15 is 0 Å². The van der Waals surface area contributed by atoms with Gasteiger partial charge in [-0.15, -0.1) is 0 Å². The molecule has 2 aromatic heterocycles. The van der Waals surface area contributed by atoms with Gasteiger partial charge in [-0.3, -0.25) is 9.97 Å². The lowest BCUT2D eigenvalue weighted by atomic mass is 10.1. The molecule has 4 heterocycles. The van der Waals surface area contributed by atoms with Crippen LogP contribution in [0.1, 0.15) is 17.0 Å². The van der Waals surface area contributed by atoms with Crippen LogP contribution in [0.5, 0.6) is 0 Å². The van der Waals surface area contributed by atoms with Crippen LogP contribution in [0.25, 0.3) is 27.9 Å². The highest BCUT2D eigenvalue weighted by molar-refractivity contribution is 9.10. The number of rotatable bonds is 7. The van der Waals surface area contributed by atoms with Gasteiger partial charge in [0.15, 0.2) is 0 Å². The smallest absolute Gasteiger partial charge is 0.105 e. The molecular weight excluding hydrogens is 508 g/mol. The molecule has 0 bridgehead atoms. The van der Waals surface area contributed by atoms with Crippen LogP contribution in [0.4, 0.5) is 0 Å². The van der Waals surface area contributed by atoms with E-state index in [0.29, 0.717) is 39.6 Å². The zero-order valence-corrected chi connectivity index (χ0v) is 20.9. The summed E-state index contributed by atoms with van der Waals surface area (Å²) in [6.07, 6.45) is 2.33. The number of fused-ring (bicyclic) bond motifs is 2. The number of benzene rings is 2. The average Bonchev–Trinajstić information content (AvgIpc) is 2.82. The van der Waals surface area contributed by atoms with Crippen molar-refractivity contribution >= 4 is 43.8 Å². The maximum absolute atomic E-state index is 5.65. The minimum absolute atomic E-state index is 0.241. The number of hydrogen-bond acceptors (Lipinski definition) is 6. The summed E-state index contributed by atoms with van der Waals surface area (Å²) in [5.41, 5.74) is 5.03. The summed E-state index contributed by atoms with van der Waals surface area (Å²) in [6, 6.07) is 20.4. The highest BCUT2D eigenvalue weighted by atomic mass is 79.9. The van der Waals surface area contributed by atoms with Crippen LogP contribution >= 0.6 is 15.9 Å². The highest BCUT2D eigenvalue weighted by Crippen LogP contribution is 2.20. The van der Waals surface area contributed by atoms with Gasteiger partial charge in [0.1, 0.15) is 12.2 Å². The van der Waals surface area contributed by atoms with E-state index < -0.39 is 0 Å². The number of halogens is 1. The first-order chi connectivity index (χ1) is 17.2. The van der Waals surface area contributed by atoms with Crippen molar-refractivity contribution in [2.24, 2.45) is 0 Å². The van der Waals surface area contributed by atoms with E-state index in [4.69, 9.17) is 18.9 Å². The third kappa shape index (κ3) is 6.31. The number of ether oxygens (including phenoxy) is 4. The van der Waals surface area contributed by atoms with Crippen LogP contribution in [0.2, 0.25) is 0 Å². The predicted octanol–water partition coefficient (Wildman–Crippen LogP) is 5.71. The van der Waals surface area contributed by atoms with Gasteiger partial charge in [0.2, 0.25) is 0 Å². The third-order valence-electron chi connectivity index (χ3n) is 5.86. The Bertz CT molecular complexity index is 1320. The fourth-order valence-electron chi connectivity index (χ4n) is 3.64. The van der Waals surface area contributed by atoms with Gasteiger partial charge in [0, 0.05) is 15.2 Å². The van der Waals surface area contributed by atoms with Crippen LogP contribution < -0.4 is 0 Å². The number of nitrogens with zero attached hydrogens (tertiary/aromatic N) is 2. The molecule has 2 saturated heterocycles. The minimum atomic E-state index is 0.241. The zero-order valence-electron chi connectivity index (χ0n) is 19.4. The molecule has 6 rings (SSSR count). The van der Waals surface area contributed by atoms with E-state index in [0.717, 1.165) is 43.2 Å². The van der Waals surface area contributed by atoms with Crippen molar-refractivity contribution in [3.63, 3.8) is 0 Å². The molecule has 0 spiro atoms. The molecule has 2 aromatic carbocycles. The Labute approximate surface area is 213 Å². The molecule has 0 N–H and O–H groups in total. The van der Waals surface area contributed by atoms with Gasteiger partial charge < -0.3 is 18.9 Å². The first kappa shape index (κ1) is 24.0. The Balaban J connectivity index is 0.000000145. The molecule has 2 aliphatic heterocycles. The summed E-state index contributed by atoms with van der Waals surface area (Å²) >= 11 is 3.45. The topological polar surface area (TPSA) is 62.7 Å². The summed E-state index contributed by atoms with van der Waals surface area (Å²) < 4.78 is 22.5. The monoisotopic (exact) mass is 534 g/mol. The predicted molar refractivity (Wildman–Crippen MR) is 140 cm³/mol. The third-order valence-corrected chi connectivity index (χ3v) is 6.36. The van der Waals surface area contributed by atoms with Gasteiger partial charge >= 0.3 is 0 Å². The summed E-state index contributed by atoms with van der Waals surface area (Å²) in [4.78, 5) is 9.14. The molecular formula is C28H27BrN2O4. The van der Waals surface area contributed by atoms with Gasteiger partial charge in [-0.05, 0) is 48.0 Å². The molecule has 0 atom stereocenters. The second-order valence-electron chi connectivity index (χ2n) is 8.54. The Hall–Kier alpha value is -2.68. The lowest BCUT2D eigenvalue weighted by Gasteiger charge is -2.25. The van der Waals surface area contributed by atoms with Crippen LogP contribution in [-0.4, -0.2) is 48.6 Å². The maximum atomic E-state index is 5.65. The van der Waals surface area contributed by atoms with Crippen LogP contribution in [0, 0.1) is 0 Å². The Kier molecular flexibility index (Phi) is 7.81. The summed E-state index contributed by atoms with van der Waals surface area (Å²) in [5, 5.41) is 2.26. The Morgan fingerprint density at radius 1 is 0.771 bits per heavy atom. The molecule has 6 nitrogen and oxygen atoms in total. The molecule has 2 aliphatic rings. The molecule has 0 radical (unpaired) electrons. The molecule has 0 unspecified atom stereocenters. The van der Waals surface area contributed by atoms with Crippen LogP contribution in [0.15, 0.2) is 71.7 Å². The number of hydrogen-bond donors (Lipinski definition) is 0. The van der Waals surface area contributed by atoms with Crippen molar-refractivity contribution in [2.45, 2.75) is 25.4 Å². The van der Waals surface area contributed by atoms with Gasteiger partial charge in [-0.25, -0.2) is 0 Å². The summed E-state index contributed by atoms with van der Waals surface area (Å²) in [5.74, 6) is 0. The number of pyridine rings is 2. The molecule has 35 heavy (non-hydrogen) atoms. The highest BCUT2D eigenvalue weighted by Gasteiger charge is 2.19. The quantitative estimate of drug-likeness (QED) is 0.302. The van der Waals surface area contributed by atoms with Crippen LogP contribution in [-0.2, 0) is 32.2 Å². The van der Waals surface area contributed by atoms with Crippen LogP contribution in [0.3, 0.4) is 0 Å². The van der Waals surface area contributed by atoms with E-state index in [9.17, 15) is 0 Å². The van der Waals surface area contributed by atoms with Gasteiger partial charge in [-0.1, -0.05) is 46.8 Å². The SMILES string of the molecule is Brc1ccc2nc(COC3COC3)ccc2c1.C=Cc1ccc2nc(COC3COC3)ccc2c1. The summed E-state index contributed by atoms with van der Waals surface area (Å²) in [7, 11) is 0. The van der Waals surface area contributed by atoms with E-state index in [1.165, 1.54) is 0 Å². The molecule has 7 heteroatoms. The lowest BCUT2D eigenvalue weighted by Crippen LogP contribution is -2.35. The second kappa shape index (κ2) is 11.4. The lowest BCUT2D eigenvalue weighted by molar-refractivity contribution is -0.135. The fourth-order valence-corrected chi connectivity index (χ4v) is 4.02. The van der Waals surface area contributed by atoms with E-state index in [2.05, 4.69) is 56.7 Å². The van der Waals surface area contributed by atoms with Gasteiger partial charge in [0.05, 0.1) is 62.1 Å². The zero-order chi connectivity index (χ0) is 24.0. The van der Waals surface area contributed by atoms with Crippen molar-refractivity contribution < 1.29 is 18.9 Å². The molecule has 0 aliphatic carbocycles. The van der Waals surface area contributed by atoms with E-state index in [-0.39, 0.29) is 12.2 Å². The Morgan fingerprint density at radius 3 is 1.83 bits per heavy atom. The summed E-state index contributed by atoms with van der Waals surface area (Å²) in [6.45, 7) is 7.70. The first-order valence-electron chi connectivity index (χ1n) is 11.6. The largest absolute Gasteiger partial charge is 0.376 e. The van der Waals surface area contributed by atoms with Gasteiger partial charge in [-0.2, -0.15) is 0 Å². The standard InChI is InChI=1S/C15H15NO2.C13H12BrNO2/c1-2-11-3-6-15-12(7-11)4-5-13(16-15)8-18-14-9-17-10-14;14-10-2-4-13-9(5-10)1-3-11(15-13)6-17-12-7-16-8-12/h2-7,14H,1,8-10H2;1-5,12H,6-8H2. The van der Waals surface area contributed by atoms with Crippen molar-refractivity contribution in [2.75, 3.05) is 26.4 Å². The van der Waals surface area contributed by atoms with Crippen molar-refractivity contribution in [1.82, 2.24) is 9.97 Å². The Morgan fingerprint density at radius 2 is 1.31 bits per heavy atom. The maximum Gasteiger partial charge on any atom is 0.105 e. The molecule has 2 fully saturated rings. The second-order valence-corrected chi connectivity index (χ2v) is 9.46. The minimum Gasteiger partial charge on any atom is -0.376 e. The van der Waals surface area contributed by atoms with Crippen molar-refractivity contribution in [3.05, 3.63) is 88.7 Å². The first-order valence-corrected chi connectivity index (χ1v) is 12.4.